The van der Waals surface area contributed by atoms with Crippen LogP contribution in [0, 0.1) is 0 Å². The maximum Gasteiger partial charge on any atom is 0.220 e. The van der Waals surface area contributed by atoms with Crippen molar-refractivity contribution in [3.05, 3.63) is 70.2 Å². The van der Waals surface area contributed by atoms with Gasteiger partial charge in [0.1, 0.15) is 0 Å². The van der Waals surface area contributed by atoms with Crippen LogP contribution in [0.2, 0.25) is 0 Å². The molecule has 1 atom stereocenters. The summed E-state index contributed by atoms with van der Waals surface area (Å²) in [6, 6.07) is 18.0. The maximum atomic E-state index is 12.2. The maximum absolute atomic E-state index is 12.2. The lowest BCUT2D eigenvalue weighted by molar-refractivity contribution is -0.121. The molecular weight excluding hydrogens is 340 g/mol. The number of carbonyl (C=O) groups excluding carboxylic acids is 1. The molecule has 0 aliphatic rings. The largest absolute Gasteiger partial charge is 0.345 e. The highest BCUT2D eigenvalue weighted by molar-refractivity contribution is 9.10. The first-order chi connectivity index (χ1) is 10.7. The number of hydrogen-bond donors (Lipinski definition) is 2. The summed E-state index contributed by atoms with van der Waals surface area (Å²) >= 11 is 3.45. The van der Waals surface area contributed by atoms with Crippen LogP contribution in [0.25, 0.3) is 0 Å². The number of halogens is 1. The van der Waals surface area contributed by atoms with Crippen LogP contribution in [0.3, 0.4) is 0 Å². The van der Waals surface area contributed by atoms with E-state index in [1.54, 1.807) is 0 Å². The summed E-state index contributed by atoms with van der Waals surface area (Å²) in [6.45, 7) is 0.849. The molecule has 22 heavy (non-hydrogen) atoms. The smallest absolute Gasteiger partial charge is 0.220 e. The van der Waals surface area contributed by atoms with Crippen LogP contribution in [0.5, 0.6) is 0 Å². The molecule has 0 saturated carbocycles. The molecule has 0 heterocycles. The minimum absolute atomic E-state index is 0.0759. The molecule has 0 fully saturated rings. The molecular formula is C18H21BrN2O. The van der Waals surface area contributed by atoms with Crippen molar-refractivity contribution in [3.8, 4) is 0 Å². The molecule has 0 saturated heterocycles. The molecule has 0 aliphatic carbocycles. The van der Waals surface area contributed by atoms with Crippen LogP contribution in [-0.2, 0) is 4.79 Å². The monoisotopic (exact) mass is 360 g/mol. The summed E-state index contributed by atoms with van der Waals surface area (Å²) < 4.78 is 1.03. The van der Waals surface area contributed by atoms with Crippen molar-refractivity contribution in [2.24, 2.45) is 0 Å². The second-order valence-corrected chi connectivity index (χ2v) is 6.09. The Morgan fingerprint density at radius 3 is 2.32 bits per heavy atom. The molecule has 2 N–H and O–H groups in total. The first-order valence-corrected chi connectivity index (χ1v) is 8.24. The number of amides is 1. The number of benzene rings is 2. The molecule has 1 unspecified atom stereocenters. The van der Waals surface area contributed by atoms with Crippen molar-refractivity contribution in [3.63, 3.8) is 0 Å². The van der Waals surface area contributed by atoms with E-state index >= 15 is 0 Å². The molecule has 1 amide bonds. The Labute approximate surface area is 140 Å². The van der Waals surface area contributed by atoms with Gasteiger partial charge in [-0.2, -0.15) is 0 Å². The molecule has 2 aromatic rings. The van der Waals surface area contributed by atoms with Gasteiger partial charge in [-0.05, 0) is 43.3 Å². The molecule has 0 aliphatic heterocycles. The zero-order valence-corrected chi connectivity index (χ0v) is 14.3. The third-order valence-electron chi connectivity index (χ3n) is 3.47. The molecule has 2 aromatic carbocycles. The van der Waals surface area contributed by atoms with Crippen molar-refractivity contribution < 1.29 is 4.79 Å². The topological polar surface area (TPSA) is 41.1 Å². The average Bonchev–Trinajstić information content (AvgIpc) is 2.55. The van der Waals surface area contributed by atoms with Crippen molar-refractivity contribution in [2.75, 3.05) is 13.6 Å². The lowest BCUT2D eigenvalue weighted by Gasteiger charge is -2.20. The van der Waals surface area contributed by atoms with E-state index < -0.39 is 0 Å². The van der Waals surface area contributed by atoms with Gasteiger partial charge in [0.05, 0.1) is 6.04 Å². The van der Waals surface area contributed by atoms with Gasteiger partial charge in [0.2, 0.25) is 5.91 Å². The Morgan fingerprint density at radius 1 is 1.05 bits per heavy atom. The molecule has 2 rings (SSSR count). The van der Waals surface area contributed by atoms with Crippen molar-refractivity contribution in [1.29, 1.82) is 0 Å². The zero-order valence-electron chi connectivity index (χ0n) is 12.7. The van der Waals surface area contributed by atoms with Crippen LogP contribution >= 0.6 is 15.9 Å². The predicted molar refractivity (Wildman–Crippen MR) is 93.7 cm³/mol. The van der Waals surface area contributed by atoms with E-state index in [0.29, 0.717) is 6.42 Å². The van der Waals surface area contributed by atoms with Gasteiger partial charge in [-0.25, -0.2) is 0 Å². The lowest BCUT2D eigenvalue weighted by atomic mass is 9.98. The standard InChI is InChI=1S/C18H21BrN2O/c1-20-13-5-8-17(22)21-18(14-6-3-2-4-7-14)15-9-11-16(19)12-10-15/h2-4,6-7,9-12,18,20H,5,8,13H2,1H3,(H,21,22). The van der Waals surface area contributed by atoms with Crippen LogP contribution in [-0.4, -0.2) is 19.5 Å². The third kappa shape index (κ3) is 4.97. The highest BCUT2D eigenvalue weighted by atomic mass is 79.9. The second kappa shape index (κ2) is 8.71. The average molecular weight is 361 g/mol. The molecule has 0 spiro atoms. The Hall–Kier alpha value is -1.65. The molecule has 4 heteroatoms. The van der Waals surface area contributed by atoms with Gasteiger partial charge in [-0.1, -0.05) is 58.4 Å². The first-order valence-electron chi connectivity index (χ1n) is 7.45. The van der Waals surface area contributed by atoms with Crippen LogP contribution in [0.15, 0.2) is 59.1 Å². The highest BCUT2D eigenvalue weighted by Gasteiger charge is 2.16. The van der Waals surface area contributed by atoms with Gasteiger partial charge in [-0.3, -0.25) is 4.79 Å². The van der Waals surface area contributed by atoms with Gasteiger partial charge in [0.25, 0.3) is 0 Å². The predicted octanol–water partition coefficient (Wildman–Crippen LogP) is 3.65. The normalized spacial score (nSPS) is 11.9. The van der Waals surface area contributed by atoms with Crippen molar-refractivity contribution in [1.82, 2.24) is 10.6 Å². The van der Waals surface area contributed by atoms with Gasteiger partial charge >= 0.3 is 0 Å². The van der Waals surface area contributed by atoms with Crippen LogP contribution in [0.4, 0.5) is 0 Å². The third-order valence-corrected chi connectivity index (χ3v) is 4.00. The summed E-state index contributed by atoms with van der Waals surface area (Å²) in [5, 5.41) is 6.21. The summed E-state index contributed by atoms with van der Waals surface area (Å²) in [5.41, 5.74) is 2.17. The Morgan fingerprint density at radius 2 is 1.68 bits per heavy atom. The Bertz CT molecular complexity index is 584. The summed E-state index contributed by atoms with van der Waals surface area (Å²) in [6.07, 6.45) is 1.37. The van der Waals surface area contributed by atoms with Gasteiger partial charge < -0.3 is 10.6 Å². The van der Waals surface area contributed by atoms with Crippen molar-refractivity contribution in [2.45, 2.75) is 18.9 Å². The number of nitrogens with one attached hydrogen (secondary N) is 2. The number of hydrogen-bond acceptors (Lipinski definition) is 2. The molecule has 0 radical (unpaired) electrons. The molecule has 116 valence electrons. The zero-order chi connectivity index (χ0) is 15.8. The van der Waals surface area contributed by atoms with Crippen LogP contribution in [0.1, 0.15) is 30.0 Å². The lowest BCUT2D eigenvalue weighted by Crippen LogP contribution is -2.29. The van der Waals surface area contributed by atoms with Gasteiger partial charge in [0.15, 0.2) is 0 Å². The minimum atomic E-state index is -0.114. The van der Waals surface area contributed by atoms with E-state index in [0.717, 1.165) is 28.6 Å². The number of rotatable bonds is 7. The fourth-order valence-electron chi connectivity index (χ4n) is 2.32. The van der Waals surface area contributed by atoms with Crippen molar-refractivity contribution >= 4 is 21.8 Å². The molecule has 0 bridgehead atoms. The highest BCUT2D eigenvalue weighted by Crippen LogP contribution is 2.23. The van der Waals surface area contributed by atoms with E-state index in [4.69, 9.17) is 0 Å². The summed E-state index contributed by atoms with van der Waals surface area (Å²) in [4.78, 5) is 12.2. The van der Waals surface area contributed by atoms with E-state index in [2.05, 4.69) is 26.6 Å². The molecule has 3 nitrogen and oxygen atoms in total. The van der Waals surface area contributed by atoms with E-state index in [1.165, 1.54) is 0 Å². The van der Waals surface area contributed by atoms with E-state index in [-0.39, 0.29) is 11.9 Å². The quantitative estimate of drug-likeness (QED) is 0.739. The summed E-state index contributed by atoms with van der Waals surface area (Å²) in [5.74, 6) is 0.0759. The fourth-order valence-corrected chi connectivity index (χ4v) is 2.58. The Balaban J connectivity index is 2.15. The van der Waals surface area contributed by atoms with Gasteiger partial charge in [-0.15, -0.1) is 0 Å². The minimum Gasteiger partial charge on any atom is -0.345 e. The van der Waals surface area contributed by atoms with E-state index in [9.17, 15) is 4.79 Å². The fraction of sp³-hybridized carbons (Fsp3) is 0.278. The van der Waals surface area contributed by atoms with Crippen LogP contribution < -0.4 is 10.6 Å². The van der Waals surface area contributed by atoms with Gasteiger partial charge in [0, 0.05) is 10.9 Å². The Kier molecular flexibility index (Phi) is 6.62. The second-order valence-electron chi connectivity index (χ2n) is 5.17. The number of carbonyl (C=O) groups is 1. The molecule has 0 aromatic heterocycles. The SMILES string of the molecule is CNCCCC(=O)NC(c1ccccc1)c1ccc(Br)cc1. The van der Waals surface area contributed by atoms with E-state index in [1.807, 2.05) is 61.6 Å². The first kappa shape index (κ1) is 16.7. The summed E-state index contributed by atoms with van der Waals surface area (Å²) in [7, 11) is 1.90.